The molecule has 19 heavy (non-hydrogen) atoms. The number of rotatable bonds is 4. The zero-order valence-corrected chi connectivity index (χ0v) is 11.1. The second-order valence-electron chi connectivity index (χ2n) is 4.76. The molecule has 2 rings (SSSR count). The van der Waals surface area contributed by atoms with Crippen LogP contribution in [-0.4, -0.2) is 44.9 Å². The topological polar surface area (TPSA) is 75.4 Å². The normalized spacial score (nSPS) is 18.8. The fourth-order valence-corrected chi connectivity index (χ4v) is 2.37. The number of carbonyl (C=O) groups is 1. The van der Waals surface area contributed by atoms with Gasteiger partial charge in [-0.05, 0) is 25.3 Å². The van der Waals surface area contributed by atoms with Crippen LogP contribution >= 0.6 is 0 Å². The van der Waals surface area contributed by atoms with Crippen molar-refractivity contribution in [1.82, 2.24) is 14.7 Å². The molecule has 104 valence electrons. The highest BCUT2D eigenvalue weighted by molar-refractivity contribution is 5.92. The molecule has 1 aromatic heterocycles. The van der Waals surface area contributed by atoms with Gasteiger partial charge in [0.2, 0.25) is 0 Å². The van der Waals surface area contributed by atoms with E-state index in [1.165, 1.54) is 16.8 Å². The maximum absolute atomic E-state index is 12.3. The van der Waals surface area contributed by atoms with Gasteiger partial charge in [-0.2, -0.15) is 5.10 Å². The number of carbonyl (C=O) groups excluding carboxylic acids is 1. The molecule has 0 aliphatic carbocycles. The van der Waals surface area contributed by atoms with Crippen molar-refractivity contribution >= 4 is 5.91 Å². The van der Waals surface area contributed by atoms with Gasteiger partial charge in [-0.25, -0.2) is 4.68 Å². The summed E-state index contributed by atoms with van der Waals surface area (Å²) in [7, 11) is 0. The molecule has 1 atom stereocenters. The summed E-state index contributed by atoms with van der Waals surface area (Å²) in [6.07, 6.45) is 2.50. The van der Waals surface area contributed by atoms with E-state index in [4.69, 9.17) is 0 Å². The minimum atomic E-state index is -0.207. The number of aromatic nitrogens is 2. The van der Waals surface area contributed by atoms with Gasteiger partial charge < -0.3 is 10.0 Å². The van der Waals surface area contributed by atoms with Crippen molar-refractivity contribution in [2.45, 2.75) is 38.8 Å². The van der Waals surface area contributed by atoms with Crippen LogP contribution in [-0.2, 0) is 6.54 Å². The quantitative estimate of drug-likeness (QED) is 0.846. The monoisotopic (exact) mass is 265 g/mol. The summed E-state index contributed by atoms with van der Waals surface area (Å²) < 4.78 is 1.32. The molecule has 6 heteroatoms. The van der Waals surface area contributed by atoms with Crippen LogP contribution in [0.5, 0.6) is 0 Å². The lowest BCUT2D eigenvalue weighted by molar-refractivity contribution is 0.0669. The zero-order chi connectivity index (χ0) is 13.8. The number of aryl methyl sites for hydroxylation is 1. The summed E-state index contributed by atoms with van der Waals surface area (Å²) >= 11 is 0. The minimum absolute atomic E-state index is 0.0274. The number of nitrogens with zero attached hydrogens (tertiary/aromatic N) is 3. The van der Waals surface area contributed by atoms with Gasteiger partial charge in [0.25, 0.3) is 11.5 Å². The number of hydrogen-bond donors (Lipinski definition) is 1. The number of amides is 1. The Hall–Kier alpha value is -1.69. The van der Waals surface area contributed by atoms with Crippen LogP contribution in [0.25, 0.3) is 0 Å². The Kier molecular flexibility index (Phi) is 4.31. The molecule has 0 aromatic carbocycles. The number of likely N-dealkylation sites (tertiary alicyclic amines) is 1. The summed E-state index contributed by atoms with van der Waals surface area (Å²) in [4.78, 5) is 25.5. The molecule has 0 unspecified atom stereocenters. The number of hydrogen-bond acceptors (Lipinski definition) is 4. The molecule has 0 spiro atoms. The van der Waals surface area contributed by atoms with E-state index in [0.29, 0.717) is 13.1 Å². The van der Waals surface area contributed by atoms with Crippen LogP contribution in [0.2, 0.25) is 0 Å². The maximum atomic E-state index is 12.3. The molecule has 1 aromatic rings. The summed E-state index contributed by atoms with van der Waals surface area (Å²) in [5.41, 5.74) is 0.0759. The smallest absolute Gasteiger partial charge is 0.274 e. The van der Waals surface area contributed by atoms with Crippen molar-refractivity contribution in [1.29, 1.82) is 0 Å². The van der Waals surface area contributed by atoms with Crippen molar-refractivity contribution in [2.75, 3.05) is 13.2 Å². The molecular formula is C13H19N3O3. The van der Waals surface area contributed by atoms with Gasteiger partial charge in [0, 0.05) is 19.2 Å². The van der Waals surface area contributed by atoms with E-state index in [1.807, 2.05) is 6.92 Å². The van der Waals surface area contributed by atoms with Crippen molar-refractivity contribution in [3.8, 4) is 0 Å². The molecule has 0 radical (unpaired) electrons. The van der Waals surface area contributed by atoms with Crippen LogP contribution in [0, 0.1) is 0 Å². The lowest BCUT2D eigenvalue weighted by Crippen LogP contribution is -2.39. The van der Waals surface area contributed by atoms with Crippen LogP contribution in [0.1, 0.15) is 36.7 Å². The van der Waals surface area contributed by atoms with Gasteiger partial charge >= 0.3 is 0 Å². The zero-order valence-electron chi connectivity index (χ0n) is 11.1. The minimum Gasteiger partial charge on any atom is -0.394 e. The molecule has 1 saturated heterocycles. The van der Waals surface area contributed by atoms with E-state index in [9.17, 15) is 14.7 Å². The fraction of sp³-hybridized carbons (Fsp3) is 0.615. The highest BCUT2D eigenvalue weighted by Gasteiger charge is 2.29. The molecule has 1 aliphatic heterocycles. The largest absolute Gasteiger partial charge is 0.394 e. The Morgan fingerprint density at radius 1 is 1.53 bits per heavy atom. The van der Waals surface area contributed by atoms with Gasteiger partial charge in [-0.1, -0.05) is 6.92 Å². The SMILES string of the molecule is CCCn1nc(C(=O)N2CCC[C@@H]2CO)ccc1=O. The van der Waals surface area contributed by atoms with Crippen molar-refractivity contribution < 1.29 is 9.90 Å². The van der Waals surface area contributed by atoms with Gasteiger partial charge in [-0.15, -0.1) is 0 Å². The highest BCUT2D eigenvalue weighted by Crippen LogP contribution is 2.18. The molecule has 0 bridgehead atoms. The average molecular weight is 265 g/mol. The number of aliphatic hydroxyl groups is 1. The van der Waals surface area contributed by atoms with E-state index >= 15 is 0 Å². The van der Waals surface area contributed by atoms with E-state index in [2.05, 4.69) is 5.10 Å². The second kappa shape index (κ2) is 5.97. The maximum Gasteiger partial charge on any atom is 0.274 e. The number of aliphatic hydroxyl groups excluding tert-OH is 1. The van der Waals surface area contributed by atoms with Crippen molar-refractivity contribution in [3.63, 3.8) is 0 Å². The second-order valence-corrected chi connectivity index (χ2v) is 4.76. The van der Waals surface area contributed by atoms with E-state index in [0.717, 1.165) is 19.3 Å². The predicted octanol–water partition coefficient (Wildman–Crippen LogP) is 0.250. The van der Waals surface area contributed by atoms with E-state index in [-0.39, 0.29) is 29.8 Å². The van der Waals surface area contributed by atoms with Gasteiger partial charge in [0.15, 0.2) is 0 Å². The van der Waals surface area contributed by atoms with Crippen molar-refractivity contribution in [3.05, 3.63) is 28.2 Å². The van der Waals surface area contributed by atoms with Gasteiger partial charge in [-0.3, -0.25) is 9.59 Å². The average Bonchev–Trinajstić information content (AvgIpc) is 2.89. The highest BCUT2D eigenvalue weighted by atomic mass is 16.3. The van der Waals surface area contributed by atoms with Crippen LogP contribution in [0.3, 0.4) is 0 Å². The van der Waals surface area contributed by atoms with Crippen LogP contribution in [0.15, 0.2) is 16.9 Å². The molecule has 1 amide bonds. The van der Waals surface area contributed by atoms with Crippen LogP contribution in [0.4, 0.5) is 0 Å². The summed E-state index contributed by atoms with van der Waals surface area (Å²) in [6.45, 7) is 3.06. The Labute approximate surface area is 111 Å². The standard InChI is InChI=1S/C13H19N3O3/c1-2-7-16-12(18)6-5-11(14-16)13(19)15-8-3-4-10(15)9-17/h5-6,10,17H,2-4,7-9H2,1H3/t10-/m1/s1. The summed E-state index contributed by atoms with van der Waals surface area (Å²) in [5, 5.41) is 13.4. The lowest BCUT2D eigenvalue weighted by Gasteiger charge is -2.22. The summed E-state index contributed by atoms with van der Waals surface area (Å²) in [5.74, 6) is -0.207. The first kappa shape index (κ1) is 13.7. The van der Waals surface area contributed by atoms with E-state index in [1.54, 1.807) is 4.90 Å². The molecule has 1 aliphatic rings. The Balaban J connectivity index is 2.24. The summed E-state index contributed by atoms with van der Waals surface area (Å²) in [6, 6.07) is 2.71. The molecular weight excluding hydrogens is 246 g/mol. The third-order valence-corrected chi connectivity index (χ3v) is 3.37. The van der Waals surface area contributed by atoms with Gasteiger partial charge in [0.1, 0.15) is 5.69 Å². The molecule has 2 heterocycles. The third kappa shape index (κ3) is 2.84. The first-order chi connectivity index (χ1) is 9.17. The molecule has 6 nitrogen and oxygen atoms in total. The predicted molar refractivity (Wildman–Crippen MR) is 69.9 cm³/mol. The molecule has 0 saturated carbocycles. The van der Waals surface area contributed by atoms with Crippen LogP contribution < -0.4 is 5.56 Å². The van der Waals surface area contributed by atoms with Crippen molar-refractivity contribution in [2.24, 2.45) is 0 Å². The Morgan fingerprint density at radius 2 is 2.32 bits per heavy atom. The fourth-order valence-electron chi connectivity index (χ4n) is 2.37. The lowest BCUT2D eigenvalue weighted by atomic mass is 10.2. The van der Waals surface area contributed by atoms with E-state index < -0.39 is 0 Å². The Bertz CT molecular complexity index is 512. The Morgan fingerprint density at radius 3 is 3.00 bits per heavy atom. The van der Waals surface area contributed by atoms with Gasteiger partial charge in [0.05, 0.1) is 12.6 Å². The molecule has 1 fully saturated rings. The molecule has 1 N–H and O–H groups in total. The first-order valence-electron chi connectivity index (χ1n) is 6.67. The first-order valence-corrected chi connectivity index (χ1v) is 6.67. The third-order valence-electron chi connectivity index (χ3n) is 3.37.